The number of hydrogen-bond donors (Lipinski definition) is 2. The fourth-order valence-electron chi connectivity index (χ4n) is 0.633. The molecule has 0 saturated carbocycles. The van der Waals surface area contributed by atoms with E-state index in [0.717, 1.165) is 0 Å². The molecule has 80 valence electrons. The third-order valence-electron chi connectivity index (χ3n) is 1.10. The standard InChI is InChI=1S/C7H14F3NO2/c1-6(2,12)5-11-3-4-13-7(8,9)10/h11-12H,3-5H2,1-2H3. The second-order valence-corrected chi connectivity index (χ2v) is 3.28. The Hall–Kier alpha value is -0.330. The smallest absolute Gasteiger partial charge is 0.389 e. The van der Waals surface area contributed by atoms with E-state index in [1.165, 1.54) is 0 Å². The summed E-state index contributed by atoms with van der Waals surface area (Å²) in [5.74, 6) is 0. The molecule has 0 spiro atoms. The van der Waals surface area contributed by atoms with Gasteiger partial charge in [-0.25, -0.2) is 0 Å². The van der Waals surface area contributed by atoms with Gasteiger partial charge in [0.2, 0.25) is 0 Å². The minimum atomic E-state index is -4.57. The van der Waals surface area contributed by atoms with Crippen LogP contribution in [0, 0.1) is 0 Å². The highest BCUT2D eigenvalue weighted by molar-refractivity contribution is 4.67. The number of alkyl halides is 3. The number of nitrogens with one attached hydrogen (secondary N) is 1. The molecule has 0 saturated heterocycles. The number of rotatable bonds is 5. The highest BCUT2D eigenvalue weighted by Crippen LogP contribution is 2.15. The van der Waals surface area contributed by atoms with Crippen LogP contribution >= 0.6 is 0 Å². The molecule has 0 aliphatic carbocycles. The molecule has 0 bridgehead atoms. The molecule has 6 heteroatoms. The zero-order valence-electron chi connectivity index (χ0n) is 7.61. The lowest BCUT2D eigenvalue weighted by Crippen LogP contribution is -2.36. The van der Waals surface area contributed by atoms with Crippen molar-refractivity contribution in [2.24, 2.45) is 0 Å². The molecule has 0 aliphatic heterocycles. The summed E-state index contributed by atoms with van der Waals surface area (Å²) in [5.41, 5.74) is -0.918. The maximum atomic E-state index is 11.4. The molecule has 0 aromatic carbocycles. The van der Waals surface area contributed by atoms with Crippen LogP contribution in [-0.4, -0.2) is 36.8 Å². The monoisotopic (exact) mass is 201 g/mol. The molecule has 2 N–H and O–H groups in total. The number of hydrogen-bond acceptors (Lipinski definition) is 3. The Morgan fingerprint density at radius 1 is 1.31 bits per heavy atom. The lowest BCUT2D eigenvalue weighted by molar-refractivity contribution is -0.323. The van der Waals surface area contributed by atoms with Gasteiger partial charge in [0, 0.05) is 13.1 Å². The fourth-order valence-corrected chi connectivity index (χ4v) is 0.633. The first-order valence-corrected chi connectivity index (χ1v) is 3.84. The molecule has 0 amide bonds. The van der Waals surface area contributed by atoms with Crippen molar-refractivity contribution >= 4 is 0 Å². The average Bonchev–Trinajstić information content (AvgIpc) is 1.81. The fraction of sp³-hybridized carbons (Fsp3) is 1.00. The molecular weight excluding hydrogens is 187 g/mol. The van der Waals surface area contributed by atoms with Crippen LogP contribution in [-0.2, 0) is 4.74 Å². The van der Waals surface area contributed by atoms with Crippen LogP contribution in [0.15, 0.2) is 0 Å². The summed E-state index contributed by atoms with van der Waals surface area (Å²) in [7, 11) is 0. The molecule has 0 aromatic rings. The Kier molecular flexibility index (Phi) is 4.66. The molecule has 3 nitrogen and oxygen atoms in total. The van der Waals surface area contributed by atoms with Crippen LogP contribution in [0.2, 0.25) is 0 Å². The summed E-state index contributed by atoms with van der Waals surface area (Å²) in [5, 5.41) is 11.8. The highest BCUT2D eigenvalue weighted by Gasteiger charge is 2.28. The van der Waals surface area contributed by atoms with Crippen molar-refractivity contribution < 1.29 is 23.0 Å². The first-order chi connectivity index (χ1) is 5.71. The van der Waals surface area contributed by atoms with E-state index in [2.05, 4.69) is 10.1 Å². The van der Waals surface area contributed by atoms with E-state index in [4.69, 9.17) is 5.11 Å². The van der Waals surface area contributed by atoms with Gasteiger partial charge in [-0.1, -0.05) is 0 Å². The average molecular weight is 201 g/mol. The number of aliphatic hydroxyl groups is 1. The molecule has 0 fully saturated rings. The first-order valence-electron chi connectivity index (χ1n) is 3.84. The van der Waals surface area contributed by atoms with Crippen LogP contribution in [0.5, 0.6) is 0 Å². The van der Waals surface area contributed by atoms with E-state index < -0.39 is 18.6 Å². The van der Waals surface area contributed by atoms with Crippen LogP contribution in [0.1, 0.15) is 13.8 Å². The van der Waals surface area contributed by atoms with Gasteiger partial charge in [-0.3, -0.25) is 4.74 Å². The lowest BCUT2D eigenvalue weighted by atomic mass is 10.1. The lowest BCUT2D eigenvalue weighted by Gasteiger charge is -2.17. The maximum absolute atomic E-state index is 11.4. The van der Waals surface area contributed by atoms with Crippen LogP contribution < -0.4 is 5.32 Å². The van der Waals surface area contributed by atoms with Gasteiger partial charge in [-0.15, -0.1) is 13.2 Å². The molecule has 0 aromatic heterocycles. The summed E-state index contributed by atoms with van der Waals surface area (Å²) in [6, 6.07) is 0. The van der Waals surface area contributed by atoms with Crippen molar-refractivity contribution in [2.45, 2.75) is 25.8 Å². The van der Waals surface area contributed by atoms with Gasteiger partial charge in [0.25, 0.3) is 0 Å². The van der Waals surface area contributed by atoms with Gasteiger partial charge < -0.3 is 10.4 Å². The Balaban J connectivity index is 3.28. The Bertz CT molecular complexity index is 126. The molecule has 13 heavy (non-hydrogen) atoms. The number of halogens is 3. The second kappa shape index (κ2) is 4.78. The first kappa shape index (κ1) is 12.7. The Morgan fingerprint density at radius 3 is 2.23 bits per heavy atom. The summed E-state index contributed by atoms with van der Waals surface area (Å²) in [6.45, 7) is 2.96. The van der Waals surface area contributed by atoms with Crippen molar-refractivity contribution in [3.05, 3.63) is 0 Å². The molecule has 0 unspecified atom stereocenters. The summed E-state index contributed by atoms with van der Waals surface area (Å²) >= 11 is 0. The second-order valence-electron chi connectivity index (χ2n) is 3.28. The van der Waals surface area contributed by atoms with E-state index in [1.54, 1.807) is 13.8 Å². The van der Waals surface area contributed by atoms with Gasteiger partial charge in [0.05, 0.1) is 12.2 Å². The number of ether oxygens (including phenoxy) is 1. The maximum Gasteiger partial charge on any atom is 0.522 e. The molecule has 0 rings (SSSR count). The van der Waals surface area contributed by atoms with Crippen molar-refractivity contribution in [1.29, 1.82) is 0 Å². The Morgan fingerprint density at radius 2 is 1.85 bits per heavy atom. The van der Waals surface area contributed by atoms with Gasteiger partial charge in [0.15, 0.2) is 0 Å². The minimum absolute atomic E-state index is 0.0590. The van der Waals surface area contributed by atoms with Gasteiger partial charge >= 0.3 is 6.36 Å². The predicted octanol–water partition coefficient (Wildman–Crippen LogP) is 0.883. The van der Waals surface area contributed by atoms with Crippen molar-refractivity contribution in [3.63, 3.8) is 0 Å². The van der Waals surface area contributed by atoms with Gasteiger partial charge in [0.1, 0.15) is 0 Å². The van der Waals surface area contributed by atoms with Crippen molar-refractivity contribution in [1.82, 2.24) is 5.32 Å². The van der Waals surface area contributed by atoms with E-state index >= 15 is 0 Å². The molecule has 0 aliphatic rings. The summed E-state index contributed by atoms with van der Waals surface area (Å²) < 4.78 is 37.8. The van der Waals surface area contributed by atoms with Crippen molar-refractivity contribution in [2.75, 3.05) is 19.7 Å². The third kappa shape index (κ3) is 11.7. The SMILES string of the molecule is CC(C)(O)CNCCOC(F)(F)F. The summed E-state index contributed by atoms with van der Waals surface area (Å²) in [6.07, 6.45) is -4.57. The zero-order valence-corrected chi connectivity index (χ0v) is 7.61. The van der Waals surface area contributed by atoms with Crippen LogP contribution in [0.3, 0.4) is 0 Å². The topological polar surface area (TPSA) is 41.5 Å². The molecule has 0 atom stereocenters. The highest BCUT2D eigenvalue weighted by atomic mass is 19.4. The Labute approximate surface area is 74.9 Å². The summed E-state index contributed by atoms with van der Waals surface area (Å²) in [4.78, 5) is 0. The van der Waals surface area contributed by atoms with Crippen LogP contribution in [0.4, 0.5) is 13.2 Å². The third-order valence-corrected chi connectivity index (χ3v) is 1.10. The van der Waals surface area contributed by atoms with E-state index in [1.807, 2.05) is 0 Å². The van der Waals surface area contributed by atoms with Gasteiger partial charge in [-0.2, -0.15) is 0 Å². The van der Waals surface area contributed by atoms with E-state index in [-0.39, 0.29) is 13.1 Å². The van der Waals surface area contributed by atoms with Crippen molar-refractivity contribution in [3.8, 4) is 0 Å². The van der Waals surface area contributed by atoms with Gasteiger partial charge in [-0.05, 0) is 13.8 Å². The predicted molar refractivity (Wildman–Crippen MR) is 41.2 cm³/mol. The normalized spacial score (nSPS) is 13.4. The largest absolute Gasteiger partial charge is 0.522 e. The van der Waals surface area contributed by atoms with E-state index in [9.17, 15) is 13.2 Å². The molecular formula is C7H14F3NO2. The minimum Gasteiger partial charge on any atom is -0.389 e. The molecule has 0 heterocycles. The van der Waals surface area contributed by atoms with E-state index in [0.29, 0.717) is 0 Å². The molecule has 0 radical (unpaired) electrons. The quantitative estimate of drug-likeness (QED) is 0.649. The zero-order chi connectivity index (χ0) is 10.5. The van der Waals surface area contributed by atoms with Crippen LogP contribution in [0.25, 0.3) is 0 Å².